The molecular weight excluding hydrogens is 428 g/mol. The highest BCUT2D eigenvalue weighted by molar-refractivity contribution is 6.61. The molecule has 176 valence electrons. The maximum atomic E-state index is 11.1. The Bertz CT molecular complexity index is 543. The molecule has 0 saturated carbocycles. The molecule has 0 atom stereocenters. The smallest absolute Gasteiger partial charge is 0.478 e. The van der Waals surface area contributed by atoms with E-state index in [4.69, 9.17) is 31.7 Å². The number of rotatable bonds is 15. The third-order valence-corrected chi connectivity index (χ3v) is 8.81. The topological polar surface area (TPSA) is 110 Å². The fourth-order valence-corrected chi connectivity index (χ4v) is 5.12. The highest BCUT2D eigenvalue weighted by Gasteiger charge is 2.39. The highest BCUT2D eigenvalue weighted by atomic mass is 28.4. The van der Waals surface area contributed by atoms with Crippen LogP contribution < -0.4 is 0 Å². The van der Waals surface area contributed by atoms with Crippen LogP contribution in [0.3, 0.4) is 0 Å². The van der Waals surface area contributed by atoms with Crippen molar-refractivity contribution in [3.8, 4) is 0 Å². The van der Waals surface area contributed by atoms with E-state index >= 15 is 0 Å². The summed E-state index contributed by atoms with van der Waals surface area (Å²) in [5.74, 6) is -1.06. The van der Waals surface area contributed by atoms with Gasteiger partial charge in [0.2, 0.25) is 0 Å². The zero-order chi connectivity index (χ0) is 23.8. The maximum Gasteiger partial charge on any atom is 0.504 e. The van der Waals surface area contributed by atoms with Gasteiger partial charge in [0.15, 0.2) is 5.78 Å². The average Bonchev–Trinajstić information content (AvgIpc) is 2.70. The molecule has 0 unspecified atom stereocenters. The summed E-state index contributed by atoms with van der Waals surface area (Å²) in [4.78, 5) is 21.8. The molecule has 0 fully saturated rings. The first kappa shape index (κ1) is 31.0. The van der Waals surface area contributed by atoms with Crippen molar-refractivity contribution in [2.75, 3.05) is 40.6 Å². The van der Waals surface area contributed by atoms with Crippen LogP contribution in [0.15, 0.2) is 23.8 Å². The first-order valence-electron chi connectivity index (χ1n) is 9.71. The molecule has 9 nitrogen and oxygen atoms in total. The van der Waals surface area contributed by atoms with Gasteiger partial charge in [-0.15, -0.1) is 0 Å². The maximum absolute atomic E-state index is 11.1. The number of carbonyl (C=O) groups excluding carboxylic acids is 1. The predicted molar refractivity (Wildman–Crippen MR) is 118 cm³/mol. The molecule has 0 aromatic carbocycles. The summed E-state index contributed by atoms with van der Waals surface area (Å²) >= 11 is 0. The van der Waals surface area contributed by atoms with Crippen molar-refractivity contribution in [1.82, 2.24) is 0 Å². The van der Waals surface area contributed by atoms with Crippen molar-refractivity contribution in [2.24, 2.45) is 0 Å². The van der Waals surface area contributed by atoms with Gasteiger partial charge in [-0.2, -0.15) is 0 Å². The lowest BCUT2D eigenvalue weighted by molar-refractivity contribution is -0.132. The van der Waals surface area contributed by atoms with Crippen LogP contribution in [0.2, 0.25) is 12.6 Å². The molecule has 0 rings (SSSR count). The normalized spacial score (nSPS) is 12.2. The molecule has 0 saturated heterocycles. The van der Waals surface area contributed by atoms with E-state index in [1.165, 1.54) is 14.2 Å². The summed E-state index contributed by atoms with van der Waals surface area (Å²) in [6, 6.07) is 0.390. The van der Waals surface area contributed by atoms with Crippen molar-refractivity contribution >= 4 is 29.4 Å². The lowest BCUT2D eigenvalue weighted by Crippen LogP contribution is -2.45. The Morgan fingerprint density at radius 1 is 0.933 bits per heavy atom. The van der Waals surface area contributed by atoms with Crippen molar-refractivity contribution in [3.63, 3.8) is 0 Å². The van der Waals surface area contributed by atoms with Crippen molar-refractivity contribution in [3.05, 3.63) is 23.8 Å². The number of Topliss-reactive ketones (excluding diaryl/α,β-unsaturated/α-hetero) is 1. The molecule has 0 heterocycles. The van der Waals surface area contributed by atoms with Gasteiger partial charge in [-0.1, -0.05) is 12.7 Å². The molecule has 0 amide bonds. The standard InChI is InChI=1S/C11H22O5Si.C8H16O4Si/c1-5-14-17(15-6-2,16-7-3)9-8-10(4)11(12)13;1-7(2)8(9)6-12-13(5,10-3)11-4/h8H,5-7,9H2,1-4H3,(H,12,13);1,6H2,2-5H3. The Morgan fingerprint density at radius 2 is 1.37 bits per heavy atom. The number of allylic oxidation sites excluding steroid dienone is 1. The van der Waals surface area contributed by atoms with Crippen LogP contribution in [0.1, 0.15) is 34.6 Å². The Hall–Kier alpha value is -1.19. The van der Waals surface area contributed by atoms with Gasteiger partial charge in [-0.25, -0.2) is 4.79 Å². The number of carboxylic acid groups (broad SMARTS) is 1. The van der Waals surface area contributed by atoms with Gasteiger partial charge in [-0.3, -0.25) is 4.79 Å². The average molecular weight is 467 g/mol. The Labute approximate surface area is 182 Å². The summed E-state index contributed by atoms with van der Waals surface area (Å²) in [5, 5.41) is 8.79. The lowest BCUT2D eigenvalue weighted by Gasteiger charge is -2.27. The summed E-state index contributed by atoms with van der Waals surface area (Å²) in [5.41, 5.74) is 0.754. The monoisotopic (exact) mass is 466 g/mol. The predicted octanol–water partition coefficient (Wildman–Crippen LogP) is 3.08. The quantitative estimate of drug-likeness (QED) is 0.287. The van der Waals surface area contributed by atoms with E-state index in [2.05, 4.69) is 6.58 Å². The number of hydrogen-bond acceptors (Lipinski definition) is 8. The fourth-order valence-electron chi connectivity index (χ4n) is 1.85. The SMILES string of the molecule is C=C(C)C(=O)CO[Si](C)(OC)OC.CCO[Si](CC=C(C)C(=O)O)(OCC)OCC. The molecule has 30 heavy (non-hydrogen) atoms. The molecule has 0 aromatic heterocycles. The second-order valence-corrected chi connectivity index (χ2v) is 11.6. The number of carbonyl (C=O) groups is 2. The van der Waals surface area contributed by atoms with Crippen LogP contribution in [0.25, 0.3) is 0 Å². The first-order chi connectivity index (χ1) is 14.0. The number of ketones is 1. The summed E-state index contributed by atoms with van der Waals surface area (Å²) in [6.45, 7) is 15.5. The van der Waals surface area contributed by atoms with Crippen LogP contribution in [-0.2, 0) is 36.1 Å². The minimum Gasteiger partial charge on any atom is -0.478 e. The first-order valence-corrected chi connectivity index (χ1v) is 13.9. The van der Waals surface area contributed by atoms with E-state index in [0.29, 0.717) is 31.4 Å². The molecule has 0 aromatic rings. The molecular formula is C19H38O9Si2. The van der Waals surface area contributed by atoms with E-state index in [1.807, 2.05) is 20.8 Å². The van der Waals surface area contributed by atoms with E-state index in [-0.39, 0.29) is 18.0 Å². The van der Waals surface area contributed by atoms with Gasteiger partial charge in [0.25, 0.3) is 0 Å². The zero-order valence-corrected chi connectivity index (χ0v) is 21.5. The summed E-state index contributed by atoms with van der Waals surface area (Å²) in [7, 11) is -2.31. The molecule has 11 heteroatoms. The summed E-state index contributed by atoms with van der Waals surface area (Å²) in [6.07, 6.45) is 1.61. The van der Waals surface area contributed by atoms with Crippen LogP contribution >= 0.6 is 0 Å². The Morgan fingerprint density at radius 3 is 1.67 bits per heavy atom. The van der Waals surface area contributed by atoms with Gasteiger partial charge in [0.05, 0.1) is 0 Å². The summed E-state index contributed by atoms with van der Waals surface area (Å²) < 4.78 is 32.1. The van der Waals surface area contributed by atoms with Gasteiger partial charge < -0.3 is 31.7 Å². The van der Waals surface area contributed by atoms with Crippen LogP contribution in [0, 0.1) is 0 Å². The fraction of sp³-hybridized carbons (Fsp3) is 0.684. The molecule has 1 N–H and O–H groups in total. The number of carboxylic acids is 1. The van der Waals surface area contributed by atoms with Gasteiger partial charge in [0.1, 0.15) is 6.61 Å². The van der Waals surface area contributed by atoms with Crippen molar-refractivity contribution in [2.45, 2.75) is 47.2 Å². The number of aliphatic carboxylic acids is 1. The van der Waals surface area contributed by atoms with E-state index in [0.717, 1.165) is 0 Å². The van der Waals surface area contributed by atoms with Crippen molar-refractivity contribution < 1.29 is 41.3 Å². The molecule has 0 aliphatic rings. The molecule has 0 aliphatic carbocycles. The Kier molecular flexibility index (Phi) is 17.1. The molecule has 0 bridgehead atoms. The molecule has 0 radical (unpaired) electrons. The largest absolute Gasteiger partial charge is 0.504 e. The Balaban J connectivity index is 0. The minimum atomic E-state index is -2.74. The van der Waals surface area contributed by atoms with Gasteiger partial charge >= 0.3 is 23.6 Å². The number of hydrogen-bond donors (Lipinski definition) is 1. The van der Waals surface area contributed by atoms with Crippen LogP contribution in [-0.4, -0.2) is 75.1 Å². The van der Waals surface area contributed by atoms with Crippen molar-refractivity contribution in [1.29, 1.82) is 0 Å². The zero-order valence-electron chi connectivity index (χ0n) is 19.5. The van der Waals surface area contributed by atoms with Gasteiger partial charge in [-0.05, 0) is 40.2 Å². The van der Waals surface area contributed by atoms with Crippen LogP contribution in [0.4, 0.5) is 0 Å². The van der Waals surface area contributed by atoms with E-state index in [1.54, 1.807) is 26.5 Å². The van der Waals surface area contributed by atoms with E-state index in [9.17, 15) is 9.59 Å². The van der Waals surface area contributed by atoms with E-state index < -0.39 is 23.6 Å². The second-order valence-electron chi connectivity index (χ2n) is 6.14. The second kappa shape index (κ2) is 16.5. The van der Waals surface area contributed by atoms with Gasteiger partial charge in [0, 0.05) is 52.2 Å². The third-order valence-electron chi connectivity index (χ3n) is 3.77. The molecule has 0 spiro atoms. The molecule has 0 aliphatic heterocycles. The third kappa shape index (κ3) is 13.2. The highest BCUT2D eigenvalue weighted by Crippen LogP contribution is 2.17. The minimum absolute atomic E-state index is 0.0280. The lowest BCUT2D eigenvalue weighted by atomic mass is 10.2. The van der Waals surface area contributed by atoms with Crippen LogP contribution in [0.5, 0.6) is 0 Å².